The number of hydrogen-bond donors (Lipinski definition) is 2. The highest BCUT2D eigenvalue weighted by Crippen LogP contribution is 2.14. The van der Waals surface area contributed by atoms with E-state index >= 15 is 0 Å². The highest BCUT2D eigenvalue weighted by Gasteiger charge is 2.14. The Morgan fingerprint density at radius 3 is 2.43 bits per heavy atom. The molecule has 3 N–H and O–H groups in total. The molecule has 0 fully saturated rings. The van der Waals surface area contributed by atoms with Crippen LogP contribution in [-0.2, 0) is 4.74 Å². The predicted octanol–water partition coefficient (Wildman–Crippen LogP) is 1.88. The molecule has 0 amide bonds. The smallest absolute Gasteiger partial charge is 0.338 e. The van der Waals surface area contributed by atoms with E-state index in [2.05, 4.69) is 19.6 Å². The largest absolute Gasteiger partial charge is 0.491 e. The minimum Gasteiger partial charge on any atom is -0.491 e. The molecule has 0 saturated heterocycles. The first-order valence-corrected chi connectivity index (χ1v) is 10.8. The van der Waals surface area contributed by atoms with Crippen molar-refractivity contribution in [3.05, 3.63) is 29.8 Å². The molecule has 1 atom stereocenters. The number of aliphatic hydroxyl groups is 1. The lowest BCUT2D eigenvalue weighted by Gasteiger charge is -2.15. The van der Waals surface area contributed by atoms with Crippen molar-refractivity contribution in [2.24, 2.45) is 5.73 Å². The fourth-order valence-electron chi connectivity index (χ4n) is 1.48. The fraction of sp³-hybridized carbons (Fsp3) is 0.533. The summed E-state index contributed by atoms with van der Waals surface area (Å²) in [5.41, 5.74) is 5.79. The fourth-order valence-corrected chi connectivity index (χ4v) is 2.20. The van der Waals surface area contributed by atoms with E-state index in [-0.39, 0.29) is 19.1 Å². The monoisotopic (exact) mass is 311 g/mol. The first kappa shape index (κ1) is 17.7. The minimum absolute atomic E-state index is 0.135. The van der Waals surface area contributed by atoms with Crippen molar-refractivity contribution < 1.29 is 19.4 Å². The van der Waals surface area contributed by atoms with Crippen LogP contribution in [0.25, 0.3) is 0 Å². The van der Waals surface area contributed by atoms with Crippen LogP contribution in [0.5, 0.6) is 5.75 Å². The molecule has 0 aliphatic carbocycles. The normalized spacial score (nSPS) is 12.8. The lowest BCUT2D eigenvalue weighted by atomic mass is 10.2. The van der Waals surface area contributed by atoms with Crippen LogP contribution in [0.3, 0.4) is 0 Å². The van der Waals surface area contributed by atoms with Gasteiger partial charge in [-0.25, -0.2) is 4.79 Å². The van der Waals surface area contributed by atoms with E-state index in [9.17, 15) is 9.90 Å². The van der Waals surface area contributed by atoms with Crippen molar-refractivity contribution in [1.29, 1.82) is 0 Å². The number of ether oxygens (including phenoxy) is 2. The number of nitrogens with two attached hydrogens (primary N) is 1. The molecule has 0 spiro atoms. The number of benzene rings is 1. The summed E-state index contributed by atoms with van der Waals surface area (Å²) in [6.07, 6.45) is -0.684. The number of hydrogen-bond acceptors (Lipinski definition) is 5. The number of aliphatic hydroxyl groups excluding tert-OH is 1. The third kappa shape index (κ3) is 7.26. The van der Waals surface area contributed by atoms with E-state index in [1.165, 1.54) is 0 Å². The molecular formula is C15H25NO4Si. The predicted molar refractivity (Wildman–Crippen MR) is 85.4 cm³/mol. The second-order valence-electron chi connectivity index (χ2n) is 6.17. The van der Waals surface area contributed by atoms with Gasteiger partial charge in [0.05, 0.1) is 12.2 Å². The molecule has 0 heterocycles. The van der Waals surface area contributed by atoms with Crippen LogP contribution in [0.4, 0.5) is 0 Å². The van der Waals surface area contributed by atoms with Crippen molar-refractivity contribution >= 4 is 14.0 Å². The van der Waals surface area contributed by atoms with E-state index in [4.69, 9.17) is 15.2 Å². The molecular weight excluding hydrogens is 286 g/mol. The lowest BCUT2D eigenvalue weighted by molar-refractivity contribution is 0.0525. The van der Waals surface area contributed by atoms with Gasteiger partial charge in [-0.2, -0.15) is 0 Å². The molecule has 0 aliphatic rings. The van der Waals surface area contributed by atoms with Crippen molar-refractivity contribution in [3.8, 4) is 5.75 Å². The molecule has 118 valence electrons. The van der Waals surface area contributed by atoms with Crippen LogP contribution in [0.1, 0.15) is 10.4 Å². The molecule has 0 aromatic heterocycles. The Kier molecular flexibility index (Phi) is 6.87. The lowest BCUT2D eigenvalue weighted by Crippen LogP contribution is -2.26. The number of carbonyl (C=O) groups excluding carboxylic acids is 1. The van der Waals surface area contributed by atoms with Gasteiger partial charge in [-0.15, -0.1) is 0 Å². The summed E-state index contributed by atoms with van der Waals surface area (Å²) < 4.78 is 10.6. The molecule has 0 saturated carbocycles. The van der Waals surface area contributed by atoms with Gasteiger partial charge in [0.25, 0.3) is 0 Å². The van der Waals surface area contributed by atoms with Crippen molar-refractivity contribution in [2.75, 3.05) is 19.8 Å². The Labute approximate surface area is 127 Å². The maximum atomic E-state index is 11.9. The Balaban J connectivity index is 2.44. The Morgan fingerprint density at radius 1 is 1.29 bits per heavy atom. The molecule has 21 heavy (non-hydrogen) atoms. The third-order valence-electron chi connectivity index (χ3n) is 2.89. The van der Waals surface area contributed by atoms with E-state index in [1.54, 1.807) is 24.3 Å². The van der Waals surface area contributed by atoms with Crippen LogP contribution in [0.2, 0.25) is 25.7 Å². The zero-order valence-corrected chi connectivity index (χ0v) is 14.0. The van der Waals surface area contributed by atoms with Crippen LogP contribution < -0.4 is 10.5 Å². The van der Waals surface area contributed by atoms with Crippen LogP contribution >= 0.6 is 0 Å². The zero-order valence-electron chi connectivity index (χ0n) is 13.0. The maximum absolute atomic E-state index is 11.9. The molecule has 1 aromatic carbocycles. The quantitative estimate of drug-likeness (QED) is 0.566. The van der Waals surface area contributed by atoms with Crippen LogP contribution in [0, 0.1) is 0 Å². The number of esters is 1. The van der Waals surface area contributed by atoms with Gasteiger partial charge in [-0.05, 0) is 30.3 Å². The van der Waals surface area contributed by atoms with Crippen molar-refractivity contribution in [1.82, 2.24) is 0 Å². The van der Waals surface area contributed by atoms with Crippen molar-refractivity contribution in [3.63, 3.8) is 0 Å². The summed E-state index contributed by atoms with van der Waals surface area (Å²) >= 11 is 0. The van der Waals surface area contributed by atoms with Crippen molar-refractivity contribution in [2.45, 2.75) is 31.8 Å². The standard InChI is InChI=1S/C15H25NO4Si/c1-21(2,3)9-8-19-15(18)12-4-6-14(7-5-12)20-11-13(17)10-16/h4-7,13,17H,8-11,16H2,1-3H3. The second kappa shape index (κ2) is 8.16. The minimum atomic E-state index is -1.19. The average Bonchev–Trinajstić information content (AvgIpc) is 2.43. The van der Waals surface area contributed by atoms with Gasteiger partial charge in [0.15, 0.2) is 0 Å². The van der Waals surface area contributed by atoms with E-state index in [0.29, 0.717) is 17.9 Å². The van der Waals surface area contributed by atoms with Crippen LogP contribution in [-0.4, -0.2) is 45.0 Å². The molecule has 6 heteroatoms. The Morgan fingerprint density at radius 2 is 1.90 bits per heavy atom. The first-order chi connectivity index (χ1) is 9.81. The molecule has 0 bridgehead atoms. The Hall–Kier alpha value is -1.37. The molecule has 0 aliphatic heterocycles. The topological polar surface area (TPSA) is 81.8 Å². The Bertz CT molecular complexity index is 442. The SMILES string of the molecule is C[Si](C)(C)CCOC(=O)c1ccc(OCC(O)CN)cc1. The van der Waals surface area contributed by atoms with Gasteiger partial charge in [-0.3, -0.25) is 0 Å². The van der Waals surface area contributed by atoms with Gasteiger partial charge in [0, 0.05) is 14.6 Å². The second-order valence-corrected chi connectivity index (χ2v) is 11.8. The average molecular weight is 311 g/mol. The number of carbonyl (C=O) groups is 1. The van der Waals surface area contributed by atoms with Gasteiger partial charge >= 0.3 is 5.97 Å². The summed E-state index contributed by atoms with van der Waals surface area (Å²) in [5.74, 6) is 0.267. The summed E-state index contributed by atoms with van der Waals surface area (Å²) in [6.45, 7) is 7.47. The maximum Gasteiger partial charge on any atom is 0.338 e. The summed E-state index contributed by atoms with van der Waals surface area (Å²) in [7, 11) is -1.19. The first-order valence-electron chi connectivity index (χ1n) is 7.10. The molecule has 1 rings (SSSR count). The van der Waals surface area contributed by atoms with E-state index < -0.39 is 14.2 Å². The number of rotatable bonds is 8. The van der Waals surface area contributed by atoms with Gasteiger partial charge < -0.3 is 20.3 Å². The molecule has 5 nitrogen and oxygen atoms in total. The molecule has 1 unspecified atom stereocenters. The summed E-state index contributed by atoms with van der Waals surface area (Å²) in [6, 6.07) is 7.62. The van der Waals surface area contributed by atoms with E-state index in [0.717, 1.165) is 6.04 Å². The summed E-state index contributed by atoms with van der Waals surface area (Å²) in [4.78, 5) is 11.9. The third-order valence-corrected chi connectivity index (χ3v) is 4.59. The van der Waals surface area contributed by atoms with Crippen LogP contribution in [0.15, 0.2) is 24.3 Å². The highest BCUT2D eigenvalue weighted by atomic mass is 28.3. The van der Waals surface area contributed by atoms with Gasteiger partial charge in [0.2, 0.25) is 0 Å². The van der Waals surface area contributed by atoms with Gasteiger partial charge in [0.1, 0.15) is 18.5 Å². The zero-order chi connectivity index (χ0) is 15.9. The highest BCUT2D eigenvalue weighted by molar-refractivity contribution is 6.76. The van der Waals surface area contributed by atoms with Gasteiger partial charge in [-0.1, -0.05) is 19.6 Å². The summed E-state index contributed by atoms with van der Waals surface area (Å²) in [5, 5.41) is 9.30. The molecule has 1 aromatic rings. The molecule has 0 radical (unpaired) electrons. The van der Waals surface area contributed by atoms with E-state index in [1.807, 2.05) is 0 Å².